The van der Waals surface area contributed by atoms with Gasteiger partial charge < -0.3 is 9.84 Å². The lowest BCUT2D eigenvalue weighted by Crippen LogP contribution is -2.22. The standard InChI is InChI=1S/C17H16O5.CO2/c1-11-5-6-14(8-15(11)17(20)21)16(19)13-4-2-3-12(7-13)9-22-10-18;2-1-3/h2-8,10-11,15H,9H2,1H3,(H,20,21);. The average molecular weight is 344 g/mol. The summed E-state index contributed by atoms with van der Waals surface area (Å²) in [7, 11) is 0. The molecule has 2 rings (SSSR count). The van der Waals surface area contributed by atoms with Crippen molar-refractivity contribution in [3.63, 3.8) is 0 Å². The molecular formula is C18H16O7. The topological polar surface area (TPSA) is 115 Å². The fourth-order valence-electron chi connectivity index (χ4n) is 2.32. The van der Waals surface area contributed by atoms with Gasteiger partial charge in [0.1, 0.15) is 6.61 Å². The van der Waals surface area contributed by atoms with E-state index in [9.17, 15) is 19.5 Å². The lowest BCUT2D eigenvalue weighted by Gasteiger charge is -2.18. The molecule has 1 N–H and O–H groups in total. The number of allylic oxidation sites excluding steroid dienone is 3. The van der Waals surface area contributed by atoms with Crippen molar-refractivity contribution in [1.29, 1.82) is 0 Å². The second-order valence-electron chi connectivity index (χ2n) is 5.22. The first-order valence-corrected chi connectivity index (χ1v) is 7.25. The van der Waals surface area contributed by atoms with Crippen LogP contribution >= 0.6 is 0 Å². The highest BCUT2D eigenvalue weighted by Crippen LogP contribution is 2.25. The Bertz CT molecular complexity index is 740. The second kappa shape index (κ2) is 9.75. The van der Waals surface area contributed by atoms with E-state index in [-0.39, 0.29) is 24.5 Å². The minimum atomic E-state index is -0.949. The maximum absolute atomic E-state index is 12.5. The fourth-order valence-corrected chi connectivity index (χ4v) is 2.32. The van der Waals surface area contributed by atoms with Gasteiger partial charge in [-0.2, -0.15) is 9.59 Å². The van der Waals surface area contributed by atoms with Crippen LogP contribution < -0.4 is 0 Å². The van der Waals surface area contributed by atoms with E-state index in [0.29, 0.717) is 23.2 Å². The number of ketones is 1. The van der Waals surface area contributed by atoms with E-state index in [1.165, 1.54) is 6.08 Å². The van der Waals surface area contributed by atoms with E-state index >= 15 is 0 Å². The van der Waals surface area contributed by atoms with E-state index in [2.05, 4.69) is 4.74 Å². The van der Waals surface area contributed by atoms with Crippen LogP contribution in [0.2, 0.25) is 0 Å². The Morgan fingerprint density at radius 3 is 2.60 bits per heavy atom. The Morgan fingerprint density at radius 1 is 1.32 bits per heavy atom. The SMILES string of the molecule is CC1C=CC(C(=O)c2cccc(COC=O)c2)=CC1C(=O)O.O=C=O. The van der Waals surface area contributed by atoms with Gasteiger partial charge in [0.05, 0.1) is 5.92 Å². The van der Waals surface area contributed by atoms with Gasteiger partial charge in [-0.05, 0) is 17.5 Å². The molecule has 7 heteroatoms. The number of benzene rings is 1. The maximum Gasteiger partial charge on any atom is 0.373 e. The van der Waals surface area contributed by atoms with E-state index in [1.54, 1.807) is 43.3 Å². The normalized spacial score (nSPS) is 18.0. The van der Waals surface area contributed by atoms with Gasteiger partial charge in [0.2, 0.25) is 0 Å². The first-order valence-electron chi connectivity index (χ1n) is 7.25. The van der Waals surface area contributed by atoms with Gasteiger partial charge in [-0.1, -0.05) is 43.4 Å². The van der Waals surface area contributed by atoms with E-state index in [1.807, 2.05) is 0 Å². The molecule has 0 heterocycles. The van der Waals surface area contributed by atoms with Crippen LogP contribution in [0.3, 0.4) is 0 Å². The summed E-state index contributed by atoms with van der Waals surface area (Å²) < 4.78 is 4.66. The molecule has 0 spiro atoms. The Morgan fingerprint density at radius 2 is 2.00 bits per heavy atom. The quantitative estimate of drug-likeness (QED) is 0.618. The van der Waals surface area contributed by atoms with Gasteiger partial charge in [-0.3, -0.25) is 14.4 Å². The lowest BCUT2D eigenvalue weighted by molar-refractivity contribution is -0.191. The number of hydrogen-bond donors (Lipinski definition) is 1. The van der Waals surface area contributed by atoms with E-state index in [4.69, 9.17) is 9.59 Å². The van der Waals surface area contributed by atoms with Gasteiger partial charge in [-0.25, -0.2) is 0 Å². The molecule has 2 unspecified atom stereocenters. The largest absolute Gasteiger partial charge is 0.481 e. The van der Waals surface area contributed by atoms with Crippen LogP contribution in [-0.4, -0.2) is 29.5 Å². The highest BCUT2D eigenvalue weighted by Gasteiger charge is 2.26. The number of Topliss-reactive ketones (excluding diaryl/α,β-unsaturated/α-hetero) is 1. The zero-order valence-corrected chi connectivity index (χ0v) is 13.4. The smallest absolute Gasteiger partial charge is 0.373 e. The zero-order valence-electron chi connectivity index (χ0n) is 13.4. The summed E-state index contributed by atoms with van der Waals surface area (Å²) in [6, 6.07) is 6.72. The van der Waals surface area contributed by atoms with Crippen molar-refractivity contribution in [3.8, 4) is 0 Å². The monoisotopic (exact) mass is 344 g/mol. The number of aliphatic carboxylic acids is 1. The summed E-state index contributed by atoms with van der Waals surface area (Å²) in [6.45, 7) is 2.23. The van der Waals surface area contributed by atoms with Gasteiger partial charge in [0, 0.05) is 11.1 Å². The lowest BCUT2D eigenvalue weighted by atomic mass is 9.85. The molecule has 0 aliphatic heterocycles. The molecule has 7 nitrogen and oxygen atoms in total. The van der Waals surface area contributed by atoms with Crippen molar-refractivity contribution in [3.05, 3.63) is 59.2 Å². The van der Waals surface area contributed by atoms with Gasteiger partial charge in [-0.15, -0.1) is 0 Å². The molecule has 130 valence electrons. The Balaban J connectivity index is 0.000000970. The first kappa shape index (κ1) is 19.7. The molecule has 1 aromatic rings. The average Bonchev–Trinajstić information content (AvgIpc) is 2.60. The number of carboxylic acids is 1. The molecule has 0 saturated heterocycles. The first-order chi connectivity index (χ1) is 11.9. The molecule has 25 heavy (non-hydrogen) atoms. The molecule has 0 saturated carbocycles. The summed E-state index contributed by atoms with van der Waals surface area (Å²) >= 11 is 0. The van der Waals surface area contributed by atoms with Gasteiger partial charge in [0.25, 0.3) is 6.47 Å². The molecule has 0 radical (unpaired) electrons. The Kier molecular flexibility index (Phi) is 7.69. The van der Waals surface area contributed by atoms with Crippen molar-refractivity contribution in [2.24, 2.45) is 11.8 Å². The van der Waals surface area contributed by atoms with Crippen LogP contribution in [0.1, 0.15) is 22.8 Å². The summed E-state index contributed by atoms with van der Waals surface area (Å²) in [5, 5.41) is 9.18. The third-order valence-corrected chi connectivity index (χ3v) is 3.56. The maximum atomic E-state index is 12.5. The molecule has 0 fully saturated rings. The highest BCUT2D eigenvalue weighted by atomic mass is 16.5. The second-order valence-corrected chi connectivity index (χ2v) is 5.22. The number of carbonyl (C=O) groups is 3. The van der Waals surface area contributed by atoms with Gasteiger partial charge >= 0.3 is 12.1 Å². The Hall–Kier alpha value is -3.31. The summed E-state index contributed by atoms with van der Waals surface area (Å²) in [5.74, 6) is -2.05. The van der Waals surface area contributed by atoms with Crippen molar-refractivity contribution >= 4 is 24.4 Å². The zero-order chi connectivity index (χ0) is 18.8. The minimum absolute atomic E-state index is 0.0916. The van der Waals surface area contributed by atoms with Crippen LogP contribution in [0.5, 0.6) is 0 Å². The third-order valence-electron chi connectivity index (χ3n) is 3.56. The van der Waals surface area contributed by atoms with Crippen molar-refractivity contribution in [2.45, 2.75) is 13.5 Å². The Labute approximate surface area is 143 Å². The number of rotatable bonds is 6. The van der Waals surface area contributed by atoms with Crippen molar-refractivity contribution < 1.29 is 33.8 Å². The predicted molar refractivity (Wildman–Crippen MR) is 84.1 cm³/mol. The molecule has 0 aromatic heterocycles. The number of ether oxygens (including phenoxy) is 1. The summed E-state index contributed by atoms with van der Waals surface area (Å²) in [4.78, 5) is 50.1. The fraction of sp³-hybridized carbons (Fsp3) is 0.222. The van der Waals surface area contributed by atoms with Crippen LogP contribution in [0.15, 0.2) is 48.1 Å². The van der Waals surface area contributed by atoms with E-state index in [0.717, 1.165) is 0 Å². The van der Waals surface area contributed by atoms with E-state index < -0.39 is 11.9 Å². The summed E-state index contributed by atoms with van der Waals surface area (Å²) in [5.41, 5.74) is 1.49. The predicted octanol–water partition coefficient (Wildman–Crippen LogP) is 1.79. The summed E-state index contributed by atoms with van der Waals surface area (Å²) in [6.07, 6.45) is 5.12. The number of carbonyl (C=O) groups excluding carboxylic acids is 4. The van der Waals surface area contributed by atoms with Crippen LogP contribution in [-0.2, 0) is 30.5 Å². The van der Waals surface area contributed by atoms with Crippen LogP contribution in [0, 0.1) is 11.8 Å². The highest BCUT2D eigenvalue weighted by molar-refractivity contribution is 6.11. The third kappa shape index (κ3) is 5.67. The number of carboxylic acid groups (broad SMARTS) is 1. The molecular weight excluding hydrogens is 328 g/mol. The minimum Gasteiger partial charge on any atom is -0.481 e. The van der Waals surface area contributed by atoms with Crippen molar-refractivity contribution in [2.75, 3.05) is 0 Å². The molecule has 0 amide bonds. The van der Waals surface area contributed by atoms with Crippen LogP contribution in [0.4, 0.5) is 0 Å². The molecule has 1 aliphatic carbocycles. The molecule has 1 aromatic carbocycles. The molecule has 0 bridgehead atoms. The molecule has 1 aliphatic rings. The number of hydrogen-bond acceptors (Lipinski definition) is 6. The molecule has 2 atom stereocenters. The van der Waals surface area contributed by atoms with Crippen LogP contribution in [0.25, 0.3) is 0 Å². The van der Waals surface area contributed by atoms with Crippen molar-refractivity contribution in [1.82, 2.24) is 0 Å². The van der Waals surface area contributed by atoms with Gasteiger partial charge in [0.15, 0.2) is 5.78 Å².